The van der Waals surface area contributed by atoms with Crippen molar-refractivity contribution in [3.63, 3.8) is 0 Å². The molecule has 0 aromatic carbocycles. The third kappa shape index (κ3) is 1.21. The second-order valence-electron chi connectivity index (χ2n) is 2.69. The van der Waals surface area contributed by atoms with Crippen LogP contribution in [-0.4, -0.2) is 15.2 Å². The van der Waals surface area contributed by atoms with Crippen LogP contribution in [0.5, 0.6) is 0 Å². The Morgan fingerprint density at radius 3 is 2.75 bits per heavy atom. The molecule has 0 fully saturated rings. The molecule has 60 valence electrons. The average Bonchev–Trinajstić information content (AvgIpc) is 2.58. The minimum Gasteiger partial charge on any atom is -0.276 e. The van der Waals surface area contributed by atoms with Crippen molar-refractivity contribution in [3.05, 3.63) is 36.2 Å². The molecule has 12 heavy (non-hydrogen) atoms. The van der Waals surface area contributed by atoms with Gasteiger partial charge < -0.3 is 0 Å². The Labute approximate surface area is 70.5 Å². The normalized spacial score (nSPS) is 10.1. The fraction of sp³-hybridized carbons (Fsp3) is 0.111. The molecule has 2 aromatic rings. The molecule has 0 aliphatic heterocycles. The molecule has 0 saturated carbocycles. The Balaban J connectivity index is 2.43. The molecule has 0 aliphatic carbocycles. The molecule has 2 rings (SSSR count). The van der Waals surface area contributed by atoms with E-state index in [0.717, 1.165) is 11.4 Å². The largest absolute Gasteiger partial charge is 0.276 e. The van der Waals surface area contributed by atoms with E-state index in [2.05, 4.69) is 15.2 Å². The van der Waals surface area contributed by atoms with Gasteiger partial charge >= 0.3 is 0 Å². The van der Waals surface area contributed by atoms with Gasteiger partial charge in [0.1, 0.15) is 0 Å². The number of hydrogen-bond acceptors (Lipinski definition) is 2. The molecule has 0 radical (unpaired) electrons. The molecule has 0 atom stereocenters. The van der Waals surface area contributed by atoms with Crippen LogP contribution < -0.4 is 0 Å². The molecule has 3 nitrogen and oxygen atoms in total. The van der Waals surface area contributed by atoms with Crippen molar-refractivity contribution < 1.29 is 0 Å². The van der Waals surface area contributed by atoms with Crippen LogP contribution >= 0.6 is 0 Å². The molecular formula is C9H9N3. The van der Waals surface area contributed by atoms with Crippen molar-refractivity contribution in [2.24, 2.45) is 0 Å². The number of aromatic amines is 1. The van der Waals surface area contributed by atoms with Gasteiger partial charge in [-0.15, -0.1) is 0 Å². The summed E-state index contributed by atoms with van der Waals surface area (Å²) in [5.41, 5.74) is 3.05. The van der Waals surface area contributed by atoms with Crippen molar-refractivity contribution in [1.29, 1.82) is 0 Å². The zero-order valence-electron chi connectivity index (χ0n) is 6.78. The Bertz CT molecular complexity index is 348. The van der Waals surface area contributed by atoms with Crippen LogP contribution in [0.25, 0.3) is 11.4 Å². The van der Waals surface area contributed by atoms with Gasteiger partial charge in [0, 0.05) is 12.4 Å². The SMILES string of the molecule is Cc1ccc(-c2ccn[nH]2)nc1. The highest BCUT2D eigenvalue weighted by Gasteiger charge is 1.97. The maximum absolute atomic E-state index is 4.25. The number of nitrogens with zero attached hydrogens (tertiary/aromatic N) is 2. The van der Waals surface area contributed by atoms with Crippen LogP contribution in [0.15, 0.2) is 30.6 Å². The first-order valence-corrected chi connectivity index (χ1v) is 3.78. The summed E-state index contributed by atoms with van der Waals surface area (Å²) in [6.07, 6.45) is 3.56. The van der Waals surface area contributed by atoms with E-state index in [1.54, 1.807) is 6.20 Å². The van der Waals surface area contributed by atoms with Gasteiger partial charge in [0.25, 0.3) is 0 Å². The Morgan fingerprint density at radius 2 is 2.17 bits per heavy atom. The molecule has 0 unspecified atom stereocenters. The zero-order chi connectivity index (χ0) is 8.39. The first-order chi connectivity index (χ1) is 5.86. The highest BCUT2D eigenvalue weighted by Crippen LogP contribution is 2.12. The maximum atomic E-state index is 4.25. The number of nitrogens with one attached hydrogen (secondary N) is 1. The maximum Gasteiger partial charge on any atom is 0.0880 e. The summed E-state index contributed by atoms with van der Waals surface area (Å²) in [4.78, 5) is 4.25. The van der Waals surface area contributed by atoms with Gasteiger partial charge in [-0.25, -0.2) is 0 Å². The highest BCUT2D eigenvalue weighted by molar-refractivity contribution is 5.52. The van der Waals surface area contributed by atoms with Crippen LogP contribution in [0.4, 0.5) is 0 Å². The van der Waals surface area contributed by atoms with Gasteiger partial charge in [0.05, 0.1) is 11.4 Å². The van der Waals surface area contributed by atoms with Crippen molar-refractivity contribution in [2.75, 3.05) is 0 Å². The predicted octanol–water partition coefficient (Wildman–Crippen LogP) is 1.78. The van der Waals surface area contributed by atoms with Gasteiger partial charge in [-0.1, -0.05) is 6.07 Å². The standard InChI is InChI=1S/C9H9N3/c1-7-2-3-8(10-6-7)9-4-5-11-12-9/h2-6H,1H3,(H,11,12). The summed E-state index contributed by atoms with van der Waals surface area (Å²) < 4.78 is 0. The van der Waals surface area contributed by atoms with Crippen molar-refractivity contribution in [3.8, 4) is 11.4 Å². The van der Waals surface area contributed by atoms with E-state index in [1.165, 1.54) is 5.56 Å². The van der Waals surface area contributed by atoms with E-state index in [-0.39, 0.29) is 0 Å². The molecule has 0 spiro atoms. The van der Waals surface area contributed by atoms with Gasteiger partial charge in [0.15, 0.2) is 0 Å². The third-order valence-corrected chi connectivity index (χ3v) is 1.69. The van der Waals surface area contributed by atoms with Crippen LogP contribution in [-0.2, 0) is 0 Å². The molecule has 0 saturated heterocycles. The average molecular weight is 159 g/mol. The highest BCUT2D eigenvalue weighted by atomic mass is 15.1. The number of aromatic nitrogens is 3. The number of pyridine rings is 1. The number of hydrogen-bond donors (Lipinski definition) is 1. The Morgan fingerprint density at radius 1 is 1.25 bits per heavy atom. The van der Waals surface area contributed by atoms with Gasteiger partial charge in [0.2, 0.25) is 0 Å². The number of aryl methyl sites for hydroxylation is 1. The Kier molecular flexibility index (Phi) is 1.63. The van der Waals surface area contributed by atoms with Crippen molar-refractivity contribution >= 4 is 0 Å². The topological polar surface area (TPSA) is 41.6 Å². The molecule has 2 aromatic heterocycles. The molecule has 3 heteroatoms. The van der Waals surface area contributed by atoms with E-state index in [1.807, 2.05) is 31.3 Å². The minimum atomic E-state index is 0.929. The summed E-state index contributed by atoms with van der Waals surface area (Å²) >= 11 is 0. The predicted molar refractivity (Wildman–Crippen MR) is 46.6 cm³/mol. The van der Waals surface area contributed by atoms with Gasteiger partial charge in [-0.3, -0.25) is 10.1 Å². The van der Waals surface area contributed by atoms with E-state index >= 15 is 0 Å². The summed E-state index contributed by atoms with van der Waals surface area (Å²) in [5.74, 6) is 0. The lowest BCUT2D eigenvalue weighted by Crippen LogP contribution is -1.83. The smallest absolute Gasteiger partial charge is 0.0880 e. The van der Waals surface area contributed by atoms with E-state index in [4.69, 9.17) is 0 Å². The van der Waals surface area contributed by atoms with Crippen LogP contribution in [0.2, 0.25) is 0 Å². The second kappa shape index (κ2) is 2.77. The lowest BCUT2D eigenvalue weighted by molar-refractivity contribution is 1.08. The monoisotopic (exact) mass is 159 g/mol. The summed E-state index contributed by atoms with van der Waals surface area (Å²) in [6.45, 7) is 2.02. The van der Waals surface area contributed by atoms with Gasteiger partial charge in [-0.05, 0) is 24.6 Å². The van der Waals surface area contributed by atoms with Crippen molar-refractivity contribution in [1.82, 2.24) is 15.2 Å². The lowest BCUT2D eigenvalue weighted by atomic mass is 10.2. The number of H-pyrrole nitrogens is 1. The number of rotatable bonds is 1. The van der Waals surface area contributed by atoms with E-state index < -0.39 is 0 Å². The van der Waals surface area contributed by atoms with E-state index in [0.29, 0.717) is 0 Å². The molecule has 0 amide bonds. The Hall–Kier alpha value is -1.64. The summed E-state index contributed by atoms with van der Waals surface area (Å²) in [6, 6.07) is 5.91. The summed E-state index contributed by atoms with van der Waals surface area (Å²) in [7, 11) is 0. The first-order valence-electron chi connectivity index (χ1n) is 3.78. The van der Waals surface area contributed by atoms with E-state index in [9.17, 15) is 0 Å². The molecule has 2 heterocycles. The molecule has 1 N–H and O–H groups in total. The zero-order valence-corrected chi connectivity index (χ0v) is 6.78. The van der Waals surface area contributed by atoms with Crippen LogP contribution in [0.3, 0.4) is 0 Å². The van der Waals surface area contributed by atoms with Crippen LogP contribution in [0, 0.1) is 6.92 Å². The summed E-state index contributed by atoms with van der Waals surface area (Å²) in [5, 5.41) is 6.72. The fourth-order valence-electron chi connectivity index (χ4n) is 1.03. The molecular weight excluding hydrogens is 150 g/mol. The van der Waals surface area contributed by atoms with Gasteiger partial charge in [-0.2, -0.15) is 5.10 Å². The van der Waals surface area contributed by atoms with Crippen LogP contribution in [0.1, 0.15) is 5.56 Å². The minimum absolute atomic E-state index is 0.929. The fourth-order valence-corrected chi connectivity index (χ4v) is 1.03. The quantitative estimate of drug-likeness (QED) is 0.689. The molecule has 0 bridgehead atoms. The second-order valence-corrected chi connectivity index (χ2v) is 2.69. The lowest BCUT2D eigenvalue weighted by Gasteiger charge is -1.95. The van der Waals surface area contributed by atoms with Crippen molar-refractivity contribution in [2.45, 2.75) is 6.92 Å². The first kappa shape index (κ1) is 7.03. The molecule has 0 aliphatic rings. The third-order valence-electron chi connectivity index (χ3n) is 1.69.